The second kappa shape index (κ2) is 10.4. The number of anilines is 2. The van der Waals surface area contributed by atoms with Gasteiger partial charge in [-0.3, -0.25) is 19.7 Å². The molecule has 4 aromatic carbocycles. The first-order valence-electron chi connectivity index (χ1n) is 13.9. The Bertz CT molecular complexity index is 1730. The molecule has 0 spiro atoms. The van der Waals surface area contributed by atoms with Crippen LogP contribution in [0.4, 0.5) is 17.1 Å². The van der Waals surface area contributed by atoms with Crippen LogP contribution in [0.25, 0.3) is 6.08 Å². The smallest absolute Gasteiger partial charge is 0.330 e. The maximum absolute atomic E-state index is 14.4. The van der Waals surface area contributed by atoms with Gasteiger partial charge in [0.15, 0.2) is 6.10 Å². The van der Waals surface area contributed by atoms with Gasteiger partial charge in [0.1, 0.15) is 6.04 Å². The number of nitro groups is 1. The predicted molar refractivity (Wildman–Crippen MR) is 159 cm³/mol. The van der Waals surface area contributed by atoms with Crippen molar-refractivity contribution in [3.05, 3.63) is 142 Å². The van der Waals surface area contributed by atoms with Gasteiger partial charge in [0.05, 0.1) is 28.5 Å². The summed E-state index contributed by atoms with van der Waals surface area (Å²) in [7, 11) is 0. The number of amides is 2. The Balaban J connectivity index is 1.30. The predicted octanol–water partition coefficient (Wildman–Crippen LogP) is 5.32. The van der Waals surface area contributed by atoms with E-state index in [4.69, 9.17) is 4.74 Å². The fraction of sp³-hybridized carbons (Fsp3) is 0.147. The molecular formula is C34H25N3O6. The maximum atomic E-state index is 14.4. The first-order chi connectivity index (χ1) is 20.9. The number of imide groups is 1. The molecule has 9 heteroatoms. The van der Waals surface area contributed by atoms with Gasteiger partial charge in [-0.25, -0.2) is 9.69 Å². The van der Waals surface area contributed by atoms with Crippen LogP contribution < -0.4 is 9.80 Å². The lowest BCUT2D eigenvalue weighted by Gasteiger charge is -2.36. The summed E-state index contributed by atoms with van der Waals surface area (Å²) in [6, 6.07) is 29.9. The van der Waals surface area contributed by atoms with Crippen LogP contribution in [0.1, 0.15) is 22.8 Å². The summed E-state index contributed by atoms with van der Waals surface area (Å²) < 4.78 is 6.28. The molecule has 3 aliphatic rings. The lowest BCUT2D eigenvalue weighted by atomic mass is 9.88. The minimum absolute atomic E-state index is 0.157. The van der Waals surface area contributed by atoms with E-state index in [1.807, 2.05) is 102 Å². The number of hydrogen-bond acceptors (Lipinski definition) is 7. The molecule has 2 amide bonds. The molecule has 7 rings (SSSR count). The van der Waals surface area contributed by atoms with Crippen LogP contribution in [-0.4, -0.2) is 34.8 Å². The summed E-state index contributed by atoms with van der Waals surface area (Å²) in [5.41, 5.74) is 3.22. The average Bonchev–Trinajstić information content (AvgIpc) is 3.53. The zero-order valence-electron chi connectivity index (χ0n) is 22.7. The van der Waals surface area contributed by atoms with Crippen LogP contribution in [0.2, 0.25) is 0 Å². The zero-order valence-corrected chi connectivity index (χ0v) is 22.7. The third kappa shape index (κ3) is 4.28. The van der Waals surface area contributed by atoms with E-state index in [1.165, 1.54) is 24.3 Å². The van der Waals surface area contributed by atoms with Crippen molar-refractivity contribution in [2.45, 2.75) is 18.2 Å². The number of carbonyl (C=O) groups is 3. The molecule has 4 aromatic rings. The number of nitrogens with zero attached hydrogens (tertiary/aromatic N) is 3. The number of esters is 1. The molecule has 3 aliphatic heterocycles. The van der Waals surface area contributed by atoms with Crippen molar-refractivity contribution in [3.63, 3.8) is 0 Å². The maximum Gasteiger partial charge on any atom is 0.330 e. The highest BCUT2D eigenvalue weighted by atomic mass is 16.6. The summed E-state index contributed by atoms with van der Waals surface area (Å²) in [4.78, 5) is 56.0. The standard InChI is InChI=1S/C34H25N3O6/c38-32-28-27-20-15-21-9-7-8-14-26(21)36(27)30(29(28)33(39)35(32)24-16-18-25(19-17-24)37(41)42)34(40)43-31(22-10-3-1-4-11-22)23-12-5-2-6-13-23/h1-20,27-31H. The summed E-state index contributed by atoms with van der Waals surface area (Å²) in [6.07, 6.45) is 3.04. The van der Waals surface area contributed by atoms with E-state index >= 15 is 0 Å². The second-order valence-electron chi connectivity index (χ2n) is 10.7. The van der Waals surface area contributed by atoms with Crippen LogP contribution in [-0.2, 0) is 19.1 Å². The van der Waals surface area contributed by atoms with Crippen LogP contribution in [0.5, 0.6) is 0 Å². The highest BCUT2D eigenvalue weighted by Crippen LogP contribution is 2.50. The molecule has 2 saturated heterocycles. The molecule has 4 unspecified atom stereocenters. The van der Waals surface area contributed by atoms with Crippen LogP contribution in [0, 0.1) is 22.0 Å². The van der Waals surface area contributed by atoms with Crippen molar-refractivity contribution >= 4 is 40.9 Å². The van der Waals surface area contributed by atoms with Crippen LogP contribution in [0.3, 0.4) is 0 Å². The lowest BCUT2D eigenvalue weighted by Crippen LogP contribution is -2.49. The van der Waals surface area contributed by atoms with Crippen molar-refractivity contribution in [2.24, 2.45) is 11.8 Å². The molecule has 0 radical (unpaired) electrons. The minimum Gasteiger partial charge on any atom is -0.451 e. The van der Waals surface area contributed by atoms with E-state index < -0.39 is 52.7 Å². The lowest BCUT2D eigenvalue weighted by molar-refractivity contribution is -0.384. The SMILES string of the molecule is O=C(OC(c1ccccc1)c1ccccc1)C1C2C(=O)N(c3ccc([N+](=O)[O-])cc3)C(=O)C2C2C=Cc3ccccc3N21. The van der Waals surface area contributed by atoms with Gasteiger partial charge in [0.2, 0.25) is 11.8 Å². The number of non-ortho nitro benzene ring substituents is 1. The fourth-order valence-electron chi connectivity index (χ4n) is 6.53. The highest BCUT2D eigenvalue weighted by molar-refractivity contribution is 6.24. The molecule has 3 heterocycles. The topological polar surface area (TPSA) is 110 Å². The van der Waals surface area contributed by atoms with E-state index in [9.17, 15) is 24.5 Å². The van der Waals surface area contributed by atoms with Gasteiger partial charge in [-0.15, -0.1) is 0 Å². The Kier molecular flexibility index (Phi) is 6.35. The molecule has 4 atom stereocenters. The number of ether oxygens (including phenoxy) is 1. The van der Waals surface area contributed by atoms with E-state index in [1.54, 1.807) is 0 Å². The zero-order chi connectivity index (χ0) is 29.7. The molecule has 0 aromatic heterocycles. The first-order valence-corrected chi connectivity index (χ1v) is 13.9. The van der Waals surface area contributed by atoms with Gasteiger partial charge in [-0.1, -0.05) is 91.0 Å². The molecule has 0 saturated carbocycles. The van der Waals surface area contributed by atoms with Gasteiger partial charge in [-0.05, 0) is 34.9 Å². The van der Waals surface area contributed by atoms with E-state index in [0.29, 0.717) is 0 Å². The van der Waals surface area contributed by atoms with Crippen LogP contribution in [0.15, 0.2) is 115 Å². The highest BCUT2D eigenvalue weighted by Gasteiger charge is 2.65. The van der Waals surface area contributed by atoms with Crippen molar-refractivity contribution in [2.75, 3.05) is 9.80 Å². The Morgan fingerprint density at radius 1 is 0.767 bits per heavy atom. The Labute approximate surface area is 246 Å². The molecular weight excluding hydrogens is 546 g/mol. The minimum atomic E-state index is -1.09. The quantitative estimate of drug-likeness (QED) is 0.133. The van der Waals surface area contributed by atoms with Gasteiger partial charge < -0.3 is 9.64 Å². The monoisotopic (exact) mass is 571 g/mol. The van der Waals surface area contributed by atoms with Crippen LogP contribution >= 0.6 is 0 Å². The number of nitro benzene ring substituents is 1. The number of carbonyl (C=O) groups excluding carboxylic acids is 3. The van der Waals surface area contributed by atoms with Gasteiger partial charge in [0.25, 0.3) is 5.69 Å². The third-order valence-electron chi connectivity index (χ3n) is 8.41. The van der Waals surface area contributed by atoms with E-state index in [-0.39, 0.29) is 11.4 Å². The largest absolute Gasteiger partial charge is 0.451 e. The number of fused-ring (bicyclic) bond motifs is 5. The molecule has 9 nitrogen and oxygen atoms in total. The molecule has 2 fully saturated rings. The Morgan fingerprint density at radius 3 is 1.98 bits per heavy atom. The second-order valence-corrected chi connectivity index (χ2v) is 10.7. The molecule has 0 bridgehead atoms. The van der Waals surface area contributed by atoms with Gasteiger partial charge in [-0.2, -0.15) is 0 Å². The Morgan fingerprint density at radius 2 is 1.35 bits per heavy atom. The normalized spacial score (nSPS) is 21.9. The van der Waals surface area contributed by atoms with Crippen molar-refractivity contribution in [3.8, 4) is 0 Å². The summed E-state index contributed by atoms with van der Waals surface area (Å²) in [5, 5.41) is 11.2. The summed E-state index contributed by atoms with van der Waals surface area (Å²) in [5.74, 6) is -3.49. The van der Waals surface area contributed by atoms with E-state index in [2.05, 4.69) is 0 Å². The number of hydrogen-bond donors (Lipinski definition) is 0. The molecule has 43 heavy (non-hydrogen) atoms. The van der Waals surface area contributed by atoms with Gasteiger partial charge in [0, 0.05) is 17.8 Å². The molecule has 0 N–H and O–H groups in total. The van der Waals surface area contributed by atoms with Crippen molar-refractivity contribution < 1.29 is 24.0 Å². The number of rotatable bonds is 6. The first kappa shape index (κ1) is 26.3. The summed E-state index contributed by atoms with van der Waals surface area (Å²) >= 11 is 0. The number of benzene rings is 4. The van der Waals surface area contributed by atoms with Crippen molar-refractivity contribution in [1.29, 1.82) is 0 Å². The third-order valence-corrected chi connectivity index (χ3v) is 8.41. The molecule has 0 aliphatic carbocycles. The number of para-hydroxylation sites is 1. The van der Waals surface area contributed by atoms with Crippen molar-refractivity contribution in [1.82, 2.24) is 0 Å². The van der Waals surface area contributed by atoms with E-state index in [0.717, 1.165) is 27.3 Å². The molecule has 212 valence electrons. The fourth-order valence-corrected chi connectivity index (χ4v) is 6.53. The average molecular weight is 572 g/mol. The van der Waals surface area contributed by atoms with Gasteiger partial charge >= 0.3 is 5.97 Å². The summed E-state index contributed by atoms with van der Waals surface area (Å²) in [6.45, 7) is 0. The Hall–Kier alpha value is -5.57.